The van der Waals surface area contributed by atoms with Gasteiger partial charge < -0.3 is 5.32 Å². The number of nitrogens with one attached hydrogen (secondary N) is 2. The number of hydrogen-bond donors (Lipinski definition) is 2. The number of nitrogens with zero attached hydrogens (tertiary/aromatic N) is 4. The lowest BCUT2D eigenvalue weighted by Gasteiger charge is -2.06. The van der Waals surface area contributed by atoms with Crippen molar-refractivity contribution in [3.05, 3.63) is 32.9 Å². The normalized spacial score (nSPS) is 10.1. The molecule has 0 unspecified atom stereocenters. The van der Waals surface area contributed by atoms with Gasteiger partial charge in [-0.1, -0.05) is 11.3 Å². The Labute approximate surface area is 117 Å². The monoisotopic (exact) mass is 294 g/mol. The molecule has 1 amide bonds. The number of amides is 1. The predicted octanol–water partition coefficient (Wildman–Crippen LogP) is 1.44. The second-order valence-electron chi connectivity index (χ2n) is 3.68. The highest BCUT2D eigenvalue weighted by molar-refractivity contribution is 7.15. The van der Waals surface area contributed by atoms with Gasteiger partial charge in [0.2, 0.25) is 5.13 Å². The number of rotatable bonds is 4. The summed E-state index contributed by atoms with van der Waals surface area (Å²) in [4.78, 5) is 26.1. The number of aryl methyl sites for hydroxylation is 1. The topological polar surface area (TPSA) is 123 Å². The van der Waals surface area contributed by atoms with Crippen LogP contribution in [0.4, 0.5) is 16.6 Å². The largest absolute Gasteiger partial charge is 0.372 e. The van der Waals surface area contributed by atoms with E-state index in [2.05, 4.69) is 25.8 Å². The first-order chi connectivity index (χ1) is 9.51. The number of carbonyl (C=O) groups excluding carboxylic acids is 1. The van der Waals surface area contributed by atoms with Crippen molar-refractivity contribution < 1.29 is 9.72 Å². The Morgan fingerprint density at radius 1 is 1.45 bits per heavy atom. The molecule has 0 fully saturated rings. The van der Waals surface area contributed by atoms with Crippen LogP contribution in [0.5, 0.6) is 0 Å². The standard InChI is InChI=1S/C10H10N6O3S/c1-5-14-15-10(20-5)13-9(17)7-3-6(16(18)19)4-12-8(7)11-2/h3-4H,1-2H3,(H,11,12)(H,13,15,17). The molecular formula is C10H10N6O3S. The summed E-state index contributed by atoms with van der Waals surface area (Å²) in [6.07, 6.45) is 1.08. The molecule has 0 saturated carbocycles. The van der Waals surface area contributed by atoms with Crippen LogP contribution >= 0.6 is 11.3 Å². The first-order valence-electron chi connectivity index (χ1n) is 5.45. The van der Waals surface area contributed by atoms with Gasteiger partial charge in [0.25, 0.3) is 11.6 Å². The molecule has 2 N–H and O–H groups in total. The third kappa shape index (κ3) is 2.85. The molecule has 0 aliphatic heterocycles. The molecule has 0 saturated heterocycles. The summed E-state index contributed by atoms with van der Waals surface area (Å²) >= 11 is 1.21. The van der Waals surface area contributed by atoms with E-state index < -0.39 is 10.8 Å². The lowest BCUT2D eigenvalue weighted by Crippen LogP contribution is -2.15. The van der Waals surface area contributed by atoms with Crippen molar-refractivity contribution in [1.29, 1.82) is 0 Å². The fourth-order valence-electron chi connectivity index (χ4n) is 1.44. The Morgan fingerprint density at radius 2 is 2.20 bits per heavy atom. The zero-order valence-corrected chi connectivity index (χ0v) is 11.4. The molecule has 0 aliphatic carbocycles. The molecule has 0 aromatic carbocycles. The zero-order chi connectivity index (χ0) is 14.7. The summed E-state index contributed by atoms with van der Waals surface area (Å²) in [6.45, 7) is 1.75. The number of nitro groups is 1. The predicted molar refractivity (Wildman–Crippen MR) is 73.0 cm³/mol. The third-order valence-corrected chi connectivity index (χ3v) is 3.07. The van der Waals surface area contributed by atoms with E-state index in [1.807, 2.05) is 0 Å². The fraction of sp³-hybridized carbons (Fsp3) is 0.200. The van der Waals surface area contributed by atoms with Crippen LogP contribution in [0.15, 0.2) is 12.3 Å². The van der Waals surface area contributed by atoms with Crippen molar-refractivity contribution in [2.24, 2.45) is 0 Å². The number of carbonyl (C=O) groups is 1. The highest BCUT2D eigenvalue weighted by Crippen LogP contribution is 2.21. The highest BCUT2D eigenvalue weighted by Gasteiger charge is 2.18. The van der Waals surface area contributed by atoms with Crippen molar-refractivity contribution in [2.45, 2.75) is 6.92 Å². The average Bonchev–Trinajstić information content (AvgIpc) is 2.83. The Morgan fingerprint density at radius 3 is 2.75 bits per heavy atom. The summed E-state index contributed by atoms with van der Waals surface area (Å²) < 4.78 is 0. The molecule has 0 radical (unpaired) electrons. The Bertz CT molecular complexity index is 671. The Kier molecular flexibility index (Phi) is 3.84. The van der Waals surface area contributed by atoms with Crippen molar-refractivity contribution in [3.63, 3.8) is 0 Å². The molecule has 2 aromatic heterocycles. The first kappa shape index (κ1) is 13.8. The van der Waals surface area contributed by atoms with Gasteiger partial charge >= 0.3 is 0 Å². The first-order valence-corrected chi connectivity index (χ1v) is 6.26. The van der Waals surface area contributed by atoms with E-state index in [1.54, 1.807) is 14.0 Å². The lowest BCUT2D eigenvalue weighted by molar-refractivity contribution is -0.385. The summed E-state index contributed by atoms with van der Waals surface area (Å²) in [7, 11) is 1.57. The van der Waals surface area contributed by atoms with E-state index in [-0.39, 0.29) is 17.1 Å². The van der Waals surface area contributed by atoms with Gasteiger partial charge in [-0.25, -0.2) is 4.98 Å². The van der Waals surface area contributed by atoms with Crippen LogP contribution in [0.3, 0.4) is 0 Å². The average molecular weight is 294 g/mol. The van der Waals surface area contributed by atoms with Gasteiger partial charge in [0.15, 0.2) is 0 Å². The number of hydrogen-bond acceptors (Lipinski definition) is 8. The van der Waals surface area contributed by atoms with Crippen LogP contribution in [-0.2, 0) is 0 Å². The smallest absolute Gasteiger partial charge is 0.288 e. The molecule has 0 bridgehead atoms. The van der Waals surface area contributed by atoms with E-state index in [4.69, 9.17) is 0 Å². The van der Waals surface area contributed by atoms with Crippen molar-refractivity contribution in [1.82, 2.24) is 15.2 Å². The minimum absolute atomic E-state index is 0.0644. The van der Waals surface area contributed by atoms with Gasteiger partial charge in [-0.05, 0) is 6.92 Å². The minimum Gasteiger partial charge on any atom is -0.372 e. The summed E-state index contributed by atoms with van der Waals surface area (Å²) in [5.74, 6) is -0.295. The molecule has 0 aliphatic rings. The van der Waals surface area contributed by atoms with Gasteiger partial charge in [-0.15, -0.1) is 10.2 Å². The molecule has 9 nitrogen and oxygen atoms in total. The number of anilines is 2. The van der Waals surface area contributed by atoms with Crippen LogP contribution in [-0.4, -0.2) is 33.1 Å². The van der Waals surface area contributed by atoms with Crippen molar-refractivity contribution in [3.8, 4) is 0 Å². The van der Waals surface area contributed by atoms with Gasteiger partial charge in [0.1, 0.15) is 17.0 Å². The molecule has 0 atom stereocenters. The van der Waals surface area contributed by atoms with Gasteiger partial charge in [-0.3, -0.25) is 20.2 Å². The van der Waals surface area contributed by atoms with Gasteiger partial charge in [0.05, 0.1) is 10.5 Å². The van der Waals surface area contributed by atoms with Crippen LogP contribution in [0.2, 0.25) is 0 Å². The van der Waals surface area contributed by atoms with E-state index in [1.165, 1.54) is 11.3 Å². The van der Waals surface area contributed by atoms with Gasteiger partial charge in [-0.2, -0.15) is 0 Å². The van der Waals surface area contributed by atoms with Crippen molar-refractivity contribution in [2.75, 3.05) is 17.7 Å². The SMILES string of the molecule is CNc1ncc([N+](=O)[O-])cc1C(=O)Nc1nnc(C)s1. The van der Waals surface area contributed by atoms with Crippen molar-refractivity contribution >= 4 is 33.9 Å². The third-order valence-electron chi connectivity index (χ3n) is 2.31. The second kappa shape index (κ2) is 5.57. The molecule has 20 heavy (non-hydrogen) atoms. The summed E-state index contributed by atoms with van der Waals surface area (Å²) in [5, 5.41) is 24.5. The van der Waals surface area contributed by atoms with E-state index in [0.717, 1.165) is 12.3 Å². The van der Waals surface area contributed by atoms with E-state index in [0.29, 0.717) is 10.1 Å². The molecule has 2 rings (SSSR count). The molecule has 10 heteroatoms. The van der Waals surface area contributed by atoms with Crippen LogP contribution in [0.25, 0.3) is 0 Å². The Balaban J connectivity index is 2.32. The van der Waals surface area contributed by atoms with E-state index >= 15 is 0 Å². The van der Waals surface area contributed by atoms with E-state index in [9.17, 15) is 14.9 Å². The maximum absolute atomic E-state index is 12.1. The molecular weight excluding hydrogens is 284 g/mol. The van der Waals surface area contributed by atoms with Crippen LogP contribution < -0.4 is 10.6 Å². The maximum Gasteiger partial charge on any atom is 0.288 e. The zero-order valence-electron chi connectivity index (χ0n) is 10.6. The number of aromatic nitrogens is 3. The fourth-order valence-corrected chi connectivity index (χ4v) is 2.02. The Hall–Kier alpha value is -2.62. The van der Waals surface area contributed by atoms with Gasteiger partial charge in [0, 0.05) is 13.1 Å². The maximum atomic E-state index is 12.1. The molecule has 2 heterocycles. The quantitative estimate of drug-likeness (QED) is 0.646. The van der Waals surface area contributed by atoms with Crippen LogP contribution in [0, 0.1) is 17.0 Å². The lowest BCUT2D eigenvalue weighted by atomic mass is 10.2. The molecule has 0 spiro atoms. The molecule has 2 aromatic rings. The summed E-state index contributed by atoms with van der Waals surface area (Å²) in [6, 6.07) is 1.15. The molecule has 104 valence electrons. The number of pyridine rings is 1. The minimum atomic E-state index is -0.613. The van der Waals surface area contributed by atoms with Crippen LogP contribution in [0.1, 0.15) is 15.4 Å². The second-order valence-corrected chi connectivity index (χ2v) is 4.86. The summed E-state index contributed by atoms with van der Waals surface area (Å²) in [5.41, 5.74) is -0.197. The highest BCUT2D eigenvalue weighted by atomic mass is 32.1.